The summed E-state index contributed by atoms with van der Waals surface area (Å²) in [5, 5.41) is 0.252. The molecule has 0 radical (unpaired) electrons. The molecule has 0 saturated heterocycles. The van der Waals surface area contributed by atoms with Gasteiger partial charge in [0.25, 0.3) is 10.0 Å². The normalized spacial score (nSPS) is 11.9. The van der Waals surface area contributed by atoms with E-state index >= 15 is 0 Å². The highest BCUT2D eigenvalue weighted by Gasteiger charge is 2.20. The van der Waals surface area contributed by atoms with Crippen LogP contribution < -0.4 is 10.5 Å². The van der Waals surface area contributed by atoms with Crippen LogP contribution in [-0.4, -0.2) is 29.5 Å². The number of nitrogen functional groups attached to an aromatic ring is 1. The maximum absolute atomic E-state index is 12.1. The highest BCUT2D eigenvalue weighted by Crippen LogP contribution is 2.24. The molecule has 0 aliphatic rings. The predicted octanol–water partition coefficient (Wildman–Crippen LogP) is 0.288. The van der Waals surface area contributed by atoms with Crippen molar-refractivity contribution in [2.24, 2.45) is 7.05 Å². The average molecular weight is 301 g/mol. The maximum atomic E-state index is 12.1. The number of nitrogens with one attached hydrogen (secondary N) is 1. The smallest absolute Gasteiger partial charge is 0.252 e. The summed E-state index contributed by atoms with van der Waals surface area (Å²) < 4.78 is 28.7. The standard InChI is InChI=1S/C10H15N5O2S2/c1-7-9(18-10(11)14-7)19(16,17)13-4-3-8-12-5-6-15(8)2/h5-6,13H,3-4H2,1-2H3,(H2,11,14). The number of nitrogens with zero attached hydrogens (tertiary/aromatic N) is 3. The first-order valence-electron chi connectivity index (χ1n) is 5.59. The van der Waals surface area contributed by atoms with Gasteiger partial charge in [-0.25, -0.2) is 23.1 Å². The number of hydrogen-bond acceptors (Lipinski definition) is 6. The molecule has 2 rings (SSSR count). The van der Waals surface area contributed by atoms with Crippen LogP contribution in [0.2, 0.25) is 0 Å². The summed E-state index contributed by atoms with van der Waals surface area (Å²) in [6.45, 7) is 1.91. The van der Waals surface area contributed by atoms with Gasteiger partial charge in [0.1, 0.15) is 5.82 Å². The minimum Gasteiger partial charge on any atom is -0.375 e. The summed E-state index contributed by atoms with van der Waals surface area (Å²) in [6, 6.07) is 0. The van der Waals surface area contributed by atoms with E-state index in [0.717, 1.165) is 17.2 Å². The van der Waals surface area contributed by atoms with Crippen LogP contribution in [0, 0.1) is 6.92 Å². The largest absolute Gasteiger partial charge is 0.375 e. The topological polar surface area (TPSA) is 103 Å². The van der Waals surface area contributed by atoms with Gasteiger partial charge in [0.2, 0.25) is 0 Å². The molecule has 0 amide bonds. The van der Waals surface area contributed by atoms with E-state index in [2.05, 4.69) is 14.7 Å². The number of nitrogens with two attached hydrogens (primary N) is 1. The minimum atomic E-state index is -3.55. The fraction of sp³-hybridized carbons (Fsp3) is 0.400. The van der Waals surface area contributed by atoms with Crippen LogP contribution in [0.3, 0.4) is 0 Å². The van der Waals surface area contributed by atoms with Gasteiger partial charge in [-0.3, -0.25) is 0 Å². The Morgan fingerprint density at radius 3 is 2.79 bits per heavy atom. The molecule has 2 heterocycles. The molecule has 0 spiro atoms. The van der Waals surface area contributed by atoms with E-state index in [1.807, 2.05) is 17.8 Å². The molecule has 104 valence electrons. The van der Waals surface area contributed by atoms with Crippen LogP contribution in [0.25, 0.3) is 0 Å². The van der Waals surface area contributed by atoms with Crippen LogP contribution in [0.1, 0.15) is 11.5 Å². The molecular formula is C10H15N5O2S2. The summed E-state index contributed by atoms with van der Waals surface area (Å²) in [7, 11) is -1.68. The molecule has 0 aliphatic heterocycles. The zero-order valence-corrected chi connectivity index (χ0v) is 12.3. The number of sulfonamides is 1. The Kier molecular flexibility index (Phi) is 3.88. The van der Waals surface area contributed by atoms with Crippen LogP contribution in [0.5, 0.6) is 0 Å². The molecule has 0 atom stereocenters. The highest BCUT2D eigenvalue weighted by atomic mass is 32.2. The number of aryl methyl sites for hydroxylation is 2. The van der Waals surface area contributed by atoms with E-state index < -0.39 is 10.0 Å². The Morgan fingerprint density at radius 2 is 2.26 bits per heavy atom. The Labute approximate surface area is 115 Å². The summed E-state index contributed by atoms with van der Waals surface area (Å²) in [5.74, 6) is 0.822. The molecule has 19 heavy (non-hydrogen) atoms. The number of aromatic nitrogens is 3. The maximum Gasteiger partial charge on any atom is 0.252 e. The lowest BCUT2D eigenvalue weighted by atomic mass is 10.4. The summed E-state index contributed by atoms with van der Waals surface area (Å²) >= 11 is 0.968. The summed E-state index contributed by atoms with van der Waals surface area (Å²) in [6.07, 6.45) is 4.02. The fourth-order valence-corrected chi connectivity index (χ4v) is 4.03. The highest BCUT2D eigenvalue weighted by molar-refractivity contribution is 7.91. The second-order valence-corrected chi connectivity index (χ2v) is 7.02. The SMILES string of the molecule is Cc1nc(N)sc1S(=O)(=O)NCCc1nccn1C. The van der Waals surface area contributed by atoms with Crippen molar-refractivity contribution in [3.63, 3.8) is 0 Å². The van der Waals surface area contributed by atoms with Crippen LogP contribution in [0.15, 0.2) is 16.6 Å². The monoisotopic (exact) mass is 301 g/mol. The quantitative estimate of drug-likeness (QED) is 0.826. The Morgan fingerprint density at radius 1 is 1.53 bits per heavy atom. The third kappa shape index (κ3) is 3.11. The van der Waals surface area contributed by atoms with E-state index in [4.69, 9.17) is 5.73 Å². The molecule has 0 saturated carbocycles. The van der Waals surface area contributed by atoms with Gasteiger partial charge in [-0.05, 0) is 6.92 Å². The van der Waals surface area contributed by atoms with Crippen molar-refractivity contribution < 1.29 is 8.42 Å². The van der Waals surface area contributed by atoms with Crippen molar-refractivity contribution in [1.82, 2.24) is 19.3 Å². The van der Waals surface area contributed by atoms with Gasteiger partial charge >= 0.3 is 0 Å². The first kappa shape index (κ1) is 14.0. The lowest BCUT2D eigenvalue weighted by Crippen LogP contribution is -2.26. The molecule has 0 aliphatic carbocycles. The number of rotatable bonds is 5. The van der Waals surface area contributed by atoms with E-state index in [1.165, 1.54) is 0 Å². The number of imidazole rings is 1. The predicted molar refractivity (Wildman–Crippen MR) is 73.4 cm³/mol. The van der Waals surface area contributed by atoms with Gasteiger partial charge in [0.15, 0.2) is 9.34 Å². The zero-order chi connectivity index (χ0) is 14.0. The fourth-order valence-electron chi connectivity index (χ4n) is 1.65. The second-order valence-electron chi connectivity index (χ2n) is 4.03. The van der Waals surface area contributed by atoms with Crippen LogP contribution >= 0.6 is 11.3 Å². The van der Waals surface area contributed by atoms with Gasteiger partial charge in [0, 0.05) is 32.4 Å². The molecule has 0 aromatic carbocycles. The lowest BCUT2D eigenvalue weighted by molar-refractivity contribution is 0.581. The molecule has 2 aromatic rings. The van der Waals surface area contributed by atoms with E-state index in [0.29, 0.717) is 12.1 Å². The number of hydrogen-bond donors (Lipinski definition) is 2. The van der Waals surface area contributed by atoms with Crippen molar-refractivity contribution in [3.05, 3.63) is 23.9 Å². The third-order valence-electron chi connectivity index (χ3n) is 2.58. The van der Waals surface area contributed by atoms with Crippen LogP contribution in [-0.2, 0) is 23.5 Å². The van der Waals surface area contributed by atoms with Crippen molar-refractivity contribution >= 4 is 26.5 Å². The van der Waals surface area contributed by atoms with Crippen molar-refractivity contribution in [1.29, 1.82) is 0 Å². The Balaban J connectivity index is 2.03. The number of anilines is 1. The van der Waals surface area contributed by atoms with Gasteiger partial charge in [-0.1, -0.05) is 11.3 Å². The van der Waals surface area contributed by atoms with E-state index in [1.54, 1.807) is 13.1 Å². The minimum absolute atomic E-state index is 0.171. The van der Waals surface area contributed by atoms with Gasteiger partial charge in [-0.2, -0.15) is 0 Å². The molecule has 9 heteroatoms. The van der Waals surface area contributed by atoms with Crippen molar-refractivity contribution in [3.8, 4) is 0 Å². The van der Waals surface area contributed by atoms with Gasteiger partial charge < -0.3 is 10.3 Å². The Hall–Kier alpha value is -1.45. The second kappa shape index (κ2) is 5.27. The molecule has 7 nitrogen and oxygen atoms in total. The number of thiazole rings is 1. The molecule has 0 bridgehead atoms. The van der Waals surface area contributed by atoms with Crippen LogP contribution in [0.4, 0.5) is 5.13 Å². The molecule has 2 aromatic heterocycles. The molecule has 0 unspecified atom stereocenters. The van der Waals surface area contributed by atoms with Crippen molar-refractivity contribution in [2.75, 3.05) is 12.3 Å². The first-order chi connectivity index (χ1) is 8.90. The molecule has 3 N–H and O–H groups in total. The van der Waals surface area contributed by atoms with E-state index in [-0.39, 0.29) is 15.9 Å². The average Bonchev–Trinajstić information content (AvgIpc) is 2.86. The van der Waals surface area contributed by atoms with Crippen molar-refractivity contribution in [2.45, 2.75) is 17.6 Å². The molecular weight excluding hydrogens is 286 g/mol. The summed E-state index contributed by atoms with van der Waals surface area (Å²) in [4.78, 5) is 8.04. The third-order valence-corrected chi connectivity index (χ3v) is 5.63. The summed E-state index contributed by atoms with van der Waals surface area (Å²) in [5.41, 5.74) is 5.93. The molecule has 0 fully saturated rings. The first-order valence-corrected chi connectivity index (χ1v) is 7.89. The lowest BCUT2D eigenvalue weighted by Gasteiger charge is -2.05. The van der Waals surface area contributed by atoms with Gasteiger partial charge in [0.05, 0.1) is 5.69 Å². The van der Waals surface area contributed by atoms with Gasteiger partial charge in [-0.15, -0.1) is 0 Å². The zero-order valence-electron chi connectivity index (χ0n) is 10.6. The Bertz CT molecular complexity index is 674. The van der Waals surface area contributed by atoms with E-state index in [9.17, 15) is 8.42 Å².